The fraction of sp³-hybridized carbons (Fsp3) is 0.462. The third-order valence-electron chi connectivity index (χ3n) is 3.04. The lowest BCUT2D eigenvalue weighted by Crippen LogP contribution is -2.29. The number of nitrogens with one attached hydrogen (secondary N) is 1. The predicted octanol–water partition coefficient (Wildman–Crippen LogP) is 2.65. The Morgan fingerprint density at radius 2 is 2.05 bits per heavy atom. The second-order valence-electron chi connectivity index (χ2n) is 4.80. The van der Waals surface area contributed by atoms with Crippen molar-refractivity contribution >= 4 is 11.6 Å². The fourth-order valence-corrected chi connectivity index (χ4v) is 1.89. The summed E-state index contributed by atoms with van der Waals surface area (Å²) in [4.78, 5) is 11.7. The molecule has 0 bridgehead atoms. The summed E-state index contributed by atoms with van der Waals surface area (Å²) in [5.74, 6) is -0.501. The zero-order valence-corrected chi connectivity index (χ0v) is 10.6. The number of carbonyl (C=O) groups excluding carboxylic acids is 1. The van der Waals surface area contributed by atoms with Gasteiger partial charge in [-0.25, -0.2) is 0 Å². The van der Waals surface area contributed by atoms with Crippen molar-refractivity contribution in [2.45, 2.75) is 31.7 Å². The largest absolute Gasteiger partial charge is 0.573 e. The van der Waals surface area contributed by atoms with E-state index in [1.54, 1.807) is 0 Å². The van der Waals surface area contributed by atoms with Gasteiger partial charge in [0.1, 0.15) is 0 Å². The summed E-state index contributed by atoms with van der Waals surface area (Å²) in [6.07, 6.45) is -2.71. The Labute approximate surface area is 114 Å². The molecule has 1 atom stereocenters. The van der Waals surface area contributed by atoms with Crippen LogP contribution < -0.4 is 15.8 Å². The number of halogens is 3. The standard InChI is InChI=1S/C13H15F3N2O2/c14-13(15,16)20-11-4-2-1-3-10(11)18-12(19)7-9(17)8-5-6-8/h1-4,8-9H,5-7,17H2,(H,18,19). The Hall–Kier alpha value is -1.76. The number of para-hydroxylation sites is 2. The number of carbonyl (C=O) groups is 1. The van der Waals surface area contributed by atoms with Gasteiger partial charge in [0.15, 0.2) is 5.75 Å². The summed E-state index contributed by atoms with van der Waals surface area (Å²) in [7, 11) is 0. The minimum Gasteiger partial charge on any atom is -0.404 e. The second-order valence-corrected chi connectivity index (χ2v) is 4.80. The van der Waals surface area contributed by atoms with E-state index in [1.807, 2.05) is 0 Å². The van der Waals surface area contributed by atoms with Crippen LogP contribution in [0.4, 0.5) is 18.9 Å². The maximum Gasteiger partial charge on any atom is 0.573 e. The van der Waals surface area contributed by atoms with Crippen LogP contribution in [0.5, 0.6) is 5.75 Å². The molecule has 1 aromatic carbocycles. The van der Waals surface area contributed by atoms with Crippen LogP contribution in [0.2, 0.25) is 0 Å². The van der Waals surface area contributed by atoms with Crippen molar-refractivity contribution in [3.63, 3.8) is 0 Å². The lowest BCUT2D eigenvalue weighted by atomic mass is 10.1. The van der Waals surface area contributed by atoms with Crippen LogP contribution in [-0.4, -0.2) is 18.3 Å². The highest BCUT2D eigenvalue weighted by Gasteiger charge is 2.33. The van der Waals surface area contributed by atoms with Gasteiger partial charge in [-0.3, -0.25) is 4.79 Å². The van der Waals surface area contributed by atoms with Gasteiger partial charge in [-0.1, -0.05) is 12.1 Å². The van der Waals surface area contributed by atoms with Gasteiger partial charge >= 0.3 is 6.36 Å². The molecule has 4 nitrogen and oxygen atoms in total. The molecule has 0 heterocycles. The third kappa shape index (κ3) is 4.41. The van der Waals surface area contributed by atoms with Crippen LogP contribution in [0.3, 0.4) is 0 Å². The highest BCUT2D eigenvalue weighted by molar-refractivity contribution is 5.92. The van der Waals surface area contributed by atoms with Crippen molar-refractivity contribution in [3.8, 4) is 5.75 Å². The van der Waals surface area contributed by atoms with E-state index in [0.29, 0.717) is 5.92 Å². The van der Waals surface area contributed by atoms with Crippen LogP contribution in [0.25, 0.3) is 0 Å². The van der Waals surface area contributed by atoms with Crippen molar-refractivity contribution in [1.29, 1.82) is 0 Å². The molecule has 2 rings (SSSR count). The van der Waals surface area contributed by atoms with Crippen molar-refractivity contribution in [3.05, 3.63) is 24.3 Å². The summed E-state index contributed by atoms with van der Waals surface area (Å²) >= 11 is 0. The smallest absolute Gasteiger partial charge is 0.404 e. The van der Waals surface area contributed by atoms with E-state index in [2.05, 4.69) is 10.1 Å². The number of anilines is 1. The quantitative estimate of drug-likeness (QED) is 0.875. The molecule has 1 aliphatic carbocycles. The first-order chi connectivity index (χ1) is 9.35. The average molecular weight is 288 g/mol. The number of nitrogens with two attached hydrogens (primary N) is 1. The number of hydrogen-bond acceptors (Lipinski definition) is 3. The van der Waals surface area contributed by atoms with E-state index in [1.165, 1.54) is 18.2 Å². The molecule has 1 unspecified atom stereocenters. The number of rotatable bonds is 5. The van der Waals surface area contributed by atoms with Crippen LogP contribution in [0.1, 0.15) is 19.3 Å². The van der Waals surface area contributed by atoms with E-state index in [4.69, 9.17) is 5.73 Å². The molecule has 0 spiro atoms. The van der Waals surface area contributed by atoms with E-state index < -0.39 is 18.0 Å². The lowest BCUT2D eigenvalue weighted by Gasteiger charge is -2.15. The van der Waals surface area contributed by atoms with E-state index >= 15 is 0 Å². The molecular weight excluding hydrogens is 273 g/mol. The predicted molar refractivity (Wildman–Crippen MR) is 67.1 cm³/mol. The van der Waals surface area contributed by atoms with Crippen molar-refractivity contribution < 1.29 is 22.7 Å². The van der Waals surface area contributed by atoms with Gasteiger partial charge in [-0.2, -0.15) is 0 Å². The van der Waals surface area contributed by atoms with Crippen molar-refractivity contribution in [2.75, 3.05) is 5.32 Å². The molecule has 3 N–H and O–H groups in total. The van der Waals surface area contributed by atoms with Crippen molar-refractivity contribution in [2.24, 2.45) is 11.7 Å². The molecule has 1 aliphatic rings. The molecule has 0 aromatic heterocycles. The first kappa shape index (κ1) is 14.6. The Morgan fingerprint density at radius 3 is 2.65 bits per heavy atom. The topological polar surface area (TPSA) is 64.4 Å². The number of amides is 1. The third-order valence-corrected chi connectivity index (χ3v) is 3.04. The number of alkyl halides is 3. The van der Waals surface area contributed by atoms with Crippen molar-refractivity contribution in [1.82, 2.24) is 0 Å². The lowest BCUT2D eigenvalue weighted by molar-refractivity contribution is -0.274. The molecule has 7 heteroatoms. The van der Waals surface area contributed by atoms with E-state index in [0.717, 1.165) is 18.9 Å². The van der Waals surface area contributed by atoms with Crippen LogP contribution in [-0.2, 0) is 4.79 Å². The molecule has 20 heavy (non-hydrogen) atoms. The number of benzene rings is 1. The molecule has 1 amide bonds. The monoisotopic (exact) mass is 288 g/mol. The Kier molecular flexibility index (Phi) is 4.17. The summed E-state index contributed by atoms with van der Waals surface area (Å²) in [6, 6.07) is 5.16. The van der Waals surface area contributed by atoms with Crippen LogP contribution >= 0.6 is 0 Å². The van der Waals surface area contributed by atoms with E-state index in [-0.39, 0.29) is 18.2 Å². The Morgan fingerprint density at radius 1 is 1.40 bits per heavy atom. The first-order valence-electron chi connectivity index (χ1n) is 6.25. The minimum atomic E-state index is -4.80. The van der Waals surface area contributed by atoms with Gasteiger partial charge in [-0.05, 0) is 30.9 Å². The van der Waals surface area contributed by atoms with Gasteiger partial charge in [-0.15, -0.1) is 13.2 Å². The van der Waals surface area contributed by atoms with E-state index in [9.17, 15) is 18.0 Å². The van der Waals surface area contributed by atoms with Gasteiger partial charge in [0.05, 0.1) is 5.69 Å². The summed E-state index contributed by atoms with van der Waals surface area (Å²) < 4.78 is 40.5. The average Bonchev–Trinajstić information content (AvgIpc) is 3.13. The van der Waals surface area contributed by atoms with Gasteiger partial charge in [0, 0.05) is 12.5 Å². The minimum absolute atomic E-state index is 0.0159. The van der Waals surface area contributed by atoms with Crippen LogP contribution in [0.15, 0.2) is 24.3 Å². The first-order valence-corrected chi connectivity index (χ1v) is 6.25. The maximum atomic E-state index is 12.2. The normalized spacial score (nSPS) is 16.6. The van der Waals surface area contributed by atoms with Gasteiger partial charge < -0.3 is 15.8 Å². The van der Waals surface area contributed by atoms with Gasteiger partial charge in [0.2, 0.25) is 5.91 Å². The molecule has 1 saturated carbocycles. The molecule has 1 aromatic rings. The van der Waals surface area contributed by atoms with Crippen LogP contribution in [0, 0.1) is 5.92 Å². The zero-order valence-electron chi connectivity index (χ0n) is 10.6. The molecule has 1 fully saturated rings. The molecule has 110 valence electrons. The summed E-state index contributed by atoms with van der Waals surface area (Å²) in [5.41, 5.74) is 5.79. The SMILES string of the molecule is NC(CC(=O)Nc1ccccc1OC(F)(F)F)C1CC1. The number of hydrogen-bond donors (Lipinski definition) is 2. The van der Waals surface area contributed by atoms with Gasteiger partial charge in [0.25, 0.3) is 0 Å². The highest BCUT2D eigenvalue weighted by atomic mass is 19.4. The second kappa shape index (κ2) is 5.70. The molecule has 0 radical (unpaired) electrons. The zero-order chi connectivity index (χ0) is 14.8. The molecule has 0 aliphatic heterocycles. The summed E-state index contributed by atoms with van der Waals surface area (Å²) in [5, 5.41) is 2.40. The molecular formula is C13H15F3N2O2. The highest BCUT2D eigenvalue weighted by Crippen LogP contribution is 2.33. The fourth-order valence-electron chi connectivity index (χ4n) is 1.89. The number of ether oxygens (including phenoxy) is 1. The Bertz CT molecular complexity index is 487. The summed E-state index contributed by atoms with van der Waals surface area (Å²) in [6.45, 7) is 0. The Balaban J connectivity index is 1.99. The maximum absolute atomic E-state index is 12.2. The molecule has 0 saturated heterocycles.